The van der Waals surface area contributed by atoms with Gasteiger partial charge in [-0.3, -0.25) is 4.79 Å². The molecule has 2 heterocycles. The molecule has 6 heteroatoms. The number of rotatable bonds is 2. The molecule has 3 atom stereocenters. The van der Waals surface area contributed by atoms with Crippen LogP contribution >= 0.6 is 11.3 Å². The van der Waals surface area contributed by atoms with Crippen LogP contribution in [0.5, 0.6) is 0 Å². The van der Waals surface area contributed by atoms with Crippen molar-refractivity contribution in [1.29, 1.82) is 0 Å². The summed E-state index contributed by atoms with van der Waals surface area (Å²) < 4.78 is 4.95. The fourth-order valence-corrected chi connectivity index (χ4v) is 4.67. The number of fused-ring (bicyclic) bond motifs is 1. The number of aryl methyl sites for hydroxylation is 2. The number of hydrogen-bond acceptors (Lipinski definition) is 5. The predicted octanol–water partition coefficient (Wildman–Crippen LogP) is 2.17. The number of likely N-dealkylation sites (tertiary alicyclic amines) is 1. The first-order valence-corrected chi connectivity index (χ1v) is 8.17. The zero-order valence-corrected chi connectivity index (χ0v) is 13.4. The largest absolute Gasteiger partial charge is 0.467 e. The van der Waals surface area contributed by atoms with Crippen LogP contribution < -0.4 is 0 Å². The molecule has 1 aromatic heterocycles. The van der Waals surface area contributed by atoms with Gasteiger partial charge in [0.25, 0.3) is 5.91 Å². The number of aromatic nitrogens is 1. The highest BCUT2D eigenvalue weighted by Gasteiger charge is 2.50. The van der Waals surface area contributed by atoms with Crippen LogP contribution in [0.15, 0.2) is 0 Å². The Morgan fingerprint density at radius 2 is 2.10 bits per heavy atom. The molecule has 114 valence electrons. The van der Waals surface area contributed by atoms with Gasteiger partial charge in [-0.15, -0.1) is 11.3 Å². The Kier molecular flexibility index (Phi) is 3.73. The van der Waals surface area contributed by atoms with Crippen molar-refractivity contribution < 1.29 is 14.3 Å². The number of methoxy groups -OCH3 is 1. The van der Waals surface area contributed by atoms with Gasteiger partial charge in [0.2, 0.25) is 0 Å². The Morgan fingerprint density at radius 3 is 2.71 bits per heavy atom. The van der Waals surface area contributed by atoms with E-state index in [9.17, 15) is 9.59 Å². The highest BCUT2D eigenvalue weighted by molar-refractivity contribution is 7.13. The number of thiazole rings is 1. The van der Waals surface area contributed by atoms with Crippen LogP contribution in [0.3, 0.4) is 0 Å². The topological polar surface area (TPSA) is 59.5 Å². The maximum atomic E-state index is 12.8. The molecular weight excluding hydrogens is 288 g/mol. The summed E-state index contributed by atoms with van der Waals surface area (Å²) in [6.45, 7) is 4.41. The lowest BCUT2D eigenvalue weighted by atomic mass is 9.94. The van der Waals surface area contributed by atoms with E-state index in [2.05, 4.69) is 4.98 Å². The Morgan fingerprint density at radius 1 is 1.33 bits per heavy atom. The summed E-state index contributed by atoms with van der Waals surface area (Å²) in [5, 5.41) is 0.879. The number of ether oxygens (including phenoxy) is 1. The number of nitrogens with zero attached hydrogens (tertiary/aromatic N) is 2. The molecule has 0 radical (unpaired) electrons. The molecule has 3 rings (SSSR count). The van der Waals surface area contributed by atoms with Crippen LogP contribution in [0.25, 0.3) is 0 Å². The van der Waals surface area contributed by atoms with Crippen molar-refractivity contribution in [3.8, 4) is 0 Å². The smallest absolute Gasteiger partial charge is 0.328 e. The van der Waals surface area contributed by atoms with E-state index in [0.29, 0.717) is 17.3 Å². The van der Waals surface area contributed by atoms with E-state index in [1.54, 1.807) is 4.90 Å². The number of amides is 1. The van der Waals surface area contributed by atoms with Crippen molar-refractivity contribution in [2.24, 2.45) is 11.8 Å². The maximum absolute atomic E-state index is 12.8. The Hall–Kier alpha value is -1.43. The maximum Gasteiger partial charge on any atom is 0.328 e. The van der Waals surface area contributed by atoms with Gasteiger partial charge in [0.1, 0.15) is 10.9 Å². The van der Waals surface area contributed by atoms with E-state index in [4.69, 9.17) is 4.74 Å². The predicted molar refractivity (Wildman–Crippen MR) is 79.3 cm³/mol. The van der Waals surface area contributed by atoms with Gasteiger partial charge < -0.3 is 9.64 Å². The summed E-state index contributed by atoms with van der Waals surface area (Å²) >= 11 is 1.40. The number of esters is 1. The number of carbonyl (C=O) groups is 2. The minimum absolute atomic E-state index is 0.0668. The Balaban J connectivity index is 1.91. The molecule has 2 fully saturated rings. The Bertz CT molecular complexity index is 583. The van der Waals surface area contributed by atoms with Crippen molar-refractivity contribution in [1.82, 2.24) is 9.88 Å². The number of hydrogen-bond donors (Lipinski definition) is 0. The van der Waals surface area contributed by atoms with E-state index in [0.717, 1.165) is 30.0 Å². The van der Waals surface area contributed by atoms with Crippen LogP contribution in [0.1, 0.15) is 39.6 Å². The average molecular weight is 308 g/mol. The third kappa shape index (κ3) is 2.35. The molecule has 1 amide bonds. The quantitative estimate of drug-likeness (QED) is 0.786. The van der Waals surface area contributed by atoms with E-state index in [1.165, 1.54) is 18.4 Å². The molecule has 0 bridgehead atoms. The average Bonchev–Trinajstić information content (AvgIpc) is 3.10. The van der Waals surface area contributed by atoms with Crippen LogP contribution in [-0.2, 0) is 9.53 Å². The third-order valence-corrected chi connectivity index (χ3v) is 5.75. The van der Waals surface area contributed by atoms with Gasteiger partial charge in [0.15, 0.2) is 0 Å². The van der Waals surface area contributed by atoms with Gasteiger partial charge in [0.05, 0.1) is 17.8 Å². The van der Waals surface area contributed by atoms with Crippen LogP contribution in [-0.4, -0.2) is 41.5 Å². The van der Waals surface area contributed by atoms with Crippen molar-refractivity contribution >= 4 is 23.2 Å². The van der Waals surface area contributed by atoms with Crippen LogP contribution in [0.2, 0.25) is 0 Å². The fourth-order valence-electron chi connectivity index (χ4n) is 3.80. The SMILES string of the molecule is COC(=O)C1C2CCCC2CN1C(=O)c1sc(C)nc1C. The summed E-state index contributed by atoms with van der Waals surface area (Å²) in [5.41, 5.74) is 0.753. The molecule has 0 spiro atoms. The summed E-state index contributed by atoms with van der Waals surface area (Å²) in [4.78, 5) is 31.7. The molecule has 1 saturated carbocycles. The monoisotopic (exact) mass is 308 g/mol. The lowest BCUT2D eigenvalue weighted by Gasteiger charge is -2.25. The first kappa shape index (κ1) is 14.5. The van der Waals surface area contributed by atoms with Crippen LogP contribution in [0.4, 0.5) is 0 Å². The first-order valence-electron chi connectivity index (χ1n) is 7.35. The van der Waals surface area contributed by atoms with E-state index in [1.807, 2.05) is 13.8 Å². The molecule has 1 saturated heterocycles. The second-order valence-electron chi connectivity index (χ2n) is 5.93. The Labute approximate surface area is 128 Å². The third-order valence-electron chi connectivity index (χ3n) is 4.69. The van der Waals surface area contributed by atoms with Crippen LogP contribution in [0, 0.1) is 25.7 Å². The van der Waals surface area contributed by atoms with Crippen molar-refractivity contribution in [3.05, 3.63) is 15.6 Å². The first-order chi connectivity index (χ1) is 10.0. The highest BCUT2D eigenvalue weighted by atomic mass is 32.1. The zero-order chi connectivity index (χ0) is 15.1. The summed E-state index contributed by atoms with van der Waals surface area (Å²) in [5.74, 6) is 0.350. The van der Waals surface area contributed by atoms with Gasteiger partial charge in [-0.05, 0) is 38.5 Å². The molecule has 0 N–H and O–H groups in total. The molecule has 3 unspecified atom stereocenters. The lowest BCUT2D eigenvalue weighted by molar-refractivity contribution is -0.146. The highest BCUT2D eigenvalue weighted by Crippen LogP contribution is 2.43. The van der Waals surface area contributed by atoms with Gasteiger partial charge >= 0.3 is 5.97 Å². The molecule has 21 heavy (non-hydrogen) atoms. The number of carbonyl (C=O) groups excluding carboxylic acids is 2. The van der Waals surface area contributed by atoms with Gasteiger partial charge in [-0.1, -0.05) is 6.42 Å². The lowest BCUT2D eigenvalue weighted by Crippen LogP contribution is -2.43. The van der Waals surface area contributed by atoms with Gasteiger partial charge in [-0.2, -0.15) is 0 Å². The van der Waals surface area contributed by atoms with E-state index in [-0.39, 0.29) is 17.8 Å². The summed E-state index contributed by atoms with van der Waals surface area (Å²) in [6, 6.07) is -0.420. The second kappa shape index (κ2) is 5.40. The molecule has 1 aromatic rings. The molecule has 5 nitrogen and oxygen atoms in total. The van der Waals surface area contributed by atoms with E-state index < -0.39 is 6.04 Å². The minimum Gasteiger partial charge on any atom is -0.467 e. The molecule has 0 aromatic carbocycles. The zero-order valence-electron chi connectivity index (χ0n) is 12.6. The van der Waals surface area contributed by atoms with Gasteiger partial charge in [0, 0.05) is 6.54 Å². The van der Waals surface area contributed by atoms with Crippen molar-refractivity contribution in [2.75, 3.05) is 13.7 Å². The molecule has 1 aliphatic heterocycles. The van der Waals surface area contributed by atoms with Crippen molar-refractivity contribution in [2.45, 2.75) is 39.2 Å². The molecule has 2 aliphatic rings. The van der Waals surface area contributed by atoms with Crippen molar-refractivity contribution in [3.63, 3.8) is 0 Å². The molecular formula is C15H20N2O3S. The summed E-state index contributed by atoms with van der Waals surface area (Å²) in [6.07, 6.45) is 3.25. The molecule has 1 aliphatic carbocycles. The standard InChI is InChI=1S/C15H20N2O3S/c1-8-13(21-9(2)16-8)14(18)17-7-10-5-4-6-11(10)12(17)15(19)20-3/h10-12H,4-7H2,1-3H3. The normalized spacial score (nSPS) is 27.8. The second-order valence-corrected chi connectivity index (χ2v) is 7.13. The van der Waals surface area contributed by atoms with Gasteiger partial charge in [-0.25, -0.2) is 9.78 Å². The fraction of sp³-hybridized carbons (Fsp3) is 0.667. The van der Waals surface area contributed by atoms with E-state index >= 15 is 0 Å². The summed E-state index contributed by atoms with van der Waals surface area (Å²) in [7, 11) is 1.40. The minimum atomic E-state index is -0.420.